The van der Waals surface area contributed by atoms with Gasteiger partial charge in [0, 0.05) is 31.7 Å². The molecule has 3 aromatic rings. The lowest BCUT2D eigenvalue weighted by atomic mass is 10.1. The van der Waals surface area contributed by atoms with Crippen LogP contribution in [0.15, 0.2) is 41.3 Å². The third-order valence-corrected chi connectivity index (χ3v) is 9.11. The average molecular weight is 502 g/mol. The van der Waals surface area contributed by atoms with Crippen LogP contribution in [0.4, 0.5) is 5.13 Å². The summed E-state index contributed by atoms with van der Waals surface area (Å²) in [6.45, 7) is 10.3. The number of anilines is 1. The van der Waals surface area contributed by atoms with E-state index in [0.717, 1.165) is 60.6 Å². The number of ether oxygens (including phenoxy) is 1. The van der Waals surface area contributed by atoms with E-state index in [4.69, 9.17) is 9.72 Å². The van der Waals surface area contributed by atoms with Crippen LogP contribution in [0.1, 0.15) is 34.8 Å². The first-order valence-electron chi connectivity index (χ1n) is 11.6. The number of aromatic nitrogens is 1. The molecule has 0 atom stereocenters. The van der Waals surface area contributed by atoms with Crippen LogP contribution in [0.3, 0.4) is 0 Å². The normalized spacial score (nSPS) is 15.0. The minimum Gasteiger partial charge on any atom is -0.379 e. The summed E-state index contributed by atoms with van der Waals surface area (Å²) < 4.78 is 31.3. The molecule has 0 spiro atoms. The molecule has 1 aromatic heterocycles. The first-order chi connectivity index (χ1) is 16.3. The van der Waals surface area contributed by atoms with Gasteiger partial charge in [-0.05, 0) is 55.7 Å². The summed E-state index contributed by atoms with van der Waals surface area (Å²) in [5.41, 5.74) is 3.53. The Bertz CT molecular complexity index is 1280. The van der Waals surface area contributed by atoms with Gasteiger partial charge in [-0.25, -0.2) is 13.4 Å². The second kappa shape index (κ2) is 10.5. The quantitative estimate of drug-likeness (QED) is 0.463. The lowest BCUT2D eigenvalue weighted by Gasteiger charge is -2.27. The largest absolute Gasteiger partial charge is 0.379 e. The molecule has 1 saturated heterocycles. The van der Waals surface area contributed by atoms with Crippen LogP contribution in [0.25, 0.3) is 10.2 Å². The molecule has 182 valence electrons. The van der Waals surface area contributed by atoms with Gasteiger partial charge in [0.15, 0.2) is 15.0 Å². The predicted molar refractivity (Wildman–Crippen MR) is 137 cm³/mol. The van der Waals surface area contributed by atoms with E-state index in [1.165, 1.54) is 17.4 Å². The van der Waals surface area contributed by atoms with Gasteiger partial charge < -0.3 is 4.74 Å². The van der Waals surface area contributed by atoms with Gasteiger partial charge in [-0.3, -0.25) is 14.6 Å². The minimum absolute atomic E-state index is 0.00952. The van der Waals surface area contributed by atoms with E-state index in [9.17, 15) is 13.2 Å². The Morgan fingerprint density at radius 3 is 2.68 bits per heavy atom. The zero-order valence-electron chi connectivity index (χ0n) is 19.9. The number of thiazole rings is 1. The molecule has 1 aliphatic rings. The lowest BCUT2D eigenvalue weighted by molar-refractivity contribution is 0.0376. The van der Waals surface area contributed by atoms with Gasteiger partial charge in [-0.2, -0.15) is 0 Å². The van der Waals surface area contributed by atoms with Gasteiger partial charge in [-0.1, -0.05) is 30.4 Å². The fourth-order valence-corrected chi connectivity index (χ4v) is 6.01. The smallest absolute Gasteiger partial charge is 0.260 e. The van der Waals surface area contributed by atoms with E-state index in [1.54, 1.807) is 30.0 Å². The Labute approximate surface area is 205 Å². The highest BCUT2D eigenvalue weighted by Crippen LogP contribution is 2.33. The molecule has 0 radical (unpaired) electrons. The third kappa shape index (κ3) is 5.33. The Balaban J connectivity index is 1.65. The molecule has 0 aliphatic carbocycles. The van der Waals surface area contributed by atoms with Gasteiger partial charge in [0.2, 0.25) is 0 Å². The molecule has 2 aromatic carbocycles. The molecule has 2 heterocycles. The van der Waals surface area contributed by atoms with Crippen molar-refractivity contribution in [2.24, 2.45) is 0 Å². The van der Waals surface area contributed by atoms with E-state index in [1.807, 2.05) is 13.0 Å². The van der Waals surface area contributed by atoms with Crippen molar-refractivity contribution in [2.45, 2.75) is 32.1 Å². The molecule has 0 N–H and O–H groups in total. The molecular weight excluding hydrogens is 470 g/mol. The summed E-state index contributed by atoms with van der Waals surface area (Å²) in [5.74, 6) is -0.242. The van der Waals surface area contributed by atoms with Crippen molar-refractivity contribution in [3.8, 4) is 0 Å². The average Bonchev–Trinajstić information content (AvgIpc) is 3.29. The van der Waals surface area contributed by atoms with E-state index in [0.29, 0.717) is 17.2 Å². The summed E-state index contributed by atoms with van der Waals surface area (Å²) in [6.07, 6.45) is 0.784. The number of carbonyl (C=O) groups excluding carboxylic acids is 1. The molecule has 0 saturated carbocycles. The Hall–Kier alpha value is -2.33. The van der Waals surface area contributed by atoms with Crippen molar-refractivity contribution in [2.75, 3.05) is 50.0 Å². The summed E-state index contributed by atoms with van der Waals surface area (Å²) in [7, 11) is -3.41. The maximum atomic E-state index is 13.7. The highest BCUT2D eigenvalue weighted by Gasteiger charge is 2.24. The molecule has 1 fully saturated rings. The highest BCUT2D eigenvalue weighted by atomic mass is 32.2. The van der Waals surface area contributed by atoms with Crippen LogP contribution in [0.5, 0.6) is 0 Å². The maximum absolute atomic E-state index is 13.7. The van der Waals surface area contributed by atoms with E-state index >= 15 is 0 Å². The molecule has 34 heavy (non-hydrogen) atoms. The van der Waals surface area contributed by atoms with E-state index in [2.05, 4.69) is 17.9 Å². The molecule has 0 bridgehead atoms. The summed E-state index contributed by atoms with van der Waals surface area (Å²) in [4.78, 5) is 22.7. The van der Waals surface area contributed by atoms with Gasteiger partial charge in [-0.15, -0.1) is 0 Å². The Morgan fingerprint density at radius 2 is 1.94 bits per heavy atom. The van der Waals surface area contributed by atoms with Crippen LogP contribution in [0, 0.1) is 13.8 Å². The van der Waals surface area contributed by atoms with Crippen molar-refractivity contribution in [1.82, 2.24) is 9.88 Å². The van der Waals surface area contributed by atoms with E-state index in [-0.39, 0.29) is 16.6 Å². The van der Waals surface area contributed by atoms with Gasteiger partial charge in [0.05, 0.1) is 34.1 Å². The molecule has 9 heteroatoms. The van der Waals surface area contributed by atoms with Crippen LogP contribution in [-0.2, 0) is 14.6 Å². The summed E-state index contributed by atoms with van der Waals surface area (Å²) in [5, 5.41) is 0.638. The van der Waals surface area contributed by atoms with Gasteiger partial charge >= 0.3 is 0 Å². The van der Waals surface area contributed by atoms with E-state index < -0.39 is 9.84 Å². The lowest BCUT2D eigenvalue weighted by Crippen LogP contribution is -2.39. The molecular formula is C25H31N3O4S2. The van der Waals surface area contributed by atoms with Gasteiger partial charge in [0.25, 0.3) is 5.91 Å². The Morgan fingerprint density at radius 1 is 1.18 bits per heavy atom. The van der Waals surface area contributed by atoms with Crippen LogP contribution < -0.4 is 4.90 Å². The maximum Gasteiger partial charge on any atom is 0.260 e. The molecule has 0 unspecified atom stereocenters. The number of fused-ring (bicyclic) bond motifs is 1. The number of carbonyl (C=O) groups is 1. The second-order valence-corrected chi connectivity index (χ2v) is 11.8. The van der Waals surface area contributed by atoms with Crippen LogP contribution in [0.2, 0.25) is 0 Å². The van der Waals surface area contributed by atoms with Crippen LogP contribution >= 0.6 is 11.3 Å². The number of hydrogen-bond donors (Lipinski definition) is 0. The number of morpholine rings is 1. The predicted octanol–water partition coefficient (Wildman–Crippen LogP) is 4.08. The topological polar surface area (TPSA) is 79.8 Å². The number of benzene rings is 2. The number of amides is 1. The standard InChI is InChI=1S/C25H31N3O4S2/c1-4-34(30,31)21-8-5-7-20(17-21)24(29)28(12-6-11-27-13-15-32-16-14-27)25-26-23-19(3)18(2)9-10-22(23)33-25/h5,7-10,17H,4,6,11-16H2,1-3H3. The molecule has 1 amide bonds. The summed E-state index contributed by atoms with van der Waals surface area (Å²) >= 11 is 1.49. The molecule has 1 aliphatic heterocycles. The zero-order chi connectivity index (χ0) is 24.3. The number of hydrogen-bond acceptors (Lipinski definition) is 7. The van der Waals surface area contributed by atoms with Crippen LogP contribution in [-0.4, -0.2) is 69.4 Å². The van der Waals surface area contributed by atoms with Crippen molar-refractivity contribution in [3.63, 3.8) is 0 Å². The second-order valence-electron chi connectivity index (χ2n) is 8.55. The van der Waals surface area contributed by atoms with Crippen molar-refractivity contribution < 1.29 is 17.9 Å². The SMILES string of the molecule is CCS(=O)(=O)c1cccc(C(=O)N(CCCN2CCOCC2)c2nc3c(C)c(C)ccc3s2)c1. The third-order valence-electron chi connectivity index (χ3n) is 6.33. The minimum atomic E-state index is -3.41. The highest BCUT2D eigenvalue weighted by molar-refractivity contribution is 7.91. The van der Waals surface area contributed by atoms with Crippen molar-refractivity contribution in [3.05, 3.63) is 53.1 Å². The zero-order valence-corrected chi connectivity index (χ0v) is 21.5. The number of rotatable bonds is 8. The first kappa shape index (κ1) is 24.8. The fraction of sp³-hybridized carbons (Fsp3) is 0.440. The summed E-state index contributed by atoms with van der Waals surface area (Å²) in [6, 6.07) is 10.5. The number of aryl methyl sites for hydroxylation is 2. The van der Waals surface area contributed by atoms with Crippen molar-refractivity contribution >= 4 is 42.4 Å². The molecule has 4 rings (SSSR count). The monoisotopic (exact) mass is 501 g/mol. The Kier molecular flexibility index (Phi) is 7.67. The van der Waals surface area contributed by atoms with Gasteiger partial charge in [0.1, 0.15) is 0 Å². The number of nitrogens with zero attached hydrogens (tertiary/aromatic N) is 3. The number of sulfone groups is 1. The fourth-order valence-electron chi connectivity index (χ4n) is 4.04. The first-order valence-corrected chi connectivity index (χ1v) is 14.1. The van der Waals surface area contributed by atoms with Crippen molar-refractivity contribution in [1.29, 1.82) is 0 Å². The molecule has 7 nitrogen and oxygen atoms in total.